The number of amides is 1. The predicted molar refractivity (Wildman–Crippen MR) is 80.2 cm³/mol. The smallest absolute Gasteiger partial charge is 0.251 e. The molecule has 0 radical (unpaired) electrons. The summed E-state index contributed by atoms with van der Waals surface area (Å²) in [6.45, 7) is 7.00. The molecular weight excluding hydrogens is 268 g/mol. The molecule has 0 aromatic heterocycles. The van der Waals surface area contributed by atoms with E-state index in [-0.39, 0.29) is 18.1 Å². The third-order valence-corrected chi connectivity index (χ3v) is 4.84. The van der Waals surface area contributed by atoms with Crippen molar-refractivity contribution in [1.82, 2.24) is 9.80 Å². The van der Waals surface area contributed by atoms with Gasteiger partial charge in [-0.25, -0.2) is 0 Å². The fraction of sp³-hybridized carbons (Fsp3) is 0.938. The van der Waals surface area contributed by atoms with Crippen LogP contribution in [0.2, 0.25) is 0 Å². The normalized spacial score (nSPS) is 29.4. The molecule has 2 atom stereocenters. The monoisotopic (exact) mass is 296 g/mol. The Morgan fingerprint density at radius 1 is 1.19 bits per heavy atom. The SMILES string of the molecule is C[C@H](OC[C@H]1CCCCO1)C(=O)N1CCN(C2CC2)CC1. The molecule has 0 N–H and O–H groups in total. The maximum atomic E-state index is 12.4. The van der Waals surface area contributed by atoms with Gasteiger partial charge in [-0.2, -0.15) is 0 Å². The lowest BCUT2D eigenvalue weighted by molar-refractivity contribution is -0.147. The Labute approximate surface area is 127 Å². The average Bonchev–Trinajstić information content (AvgIpc) is 3.38. The van der Waals surface area contributed by atoms with E-state index in [2.05, 4.69) is 4.90 Å². The van der Waals surface area contributed by atoms with Crippen LogP contribution in [-0.2, 0) is 14.3 Å². The van der Waals surface area contributed by atoms with Gasteiger partial charge in [0.15, 0.2) is 0 Å². The first-order chi connectivity index (χ1) is 10.2. The van der Waals surface area contributed by atoms with Gasteiger partial charge in [-0.05, 0) is 39.0 Å². The number of nitrogens with zero attached hydrogens (tertiary/aromatic N) is 2. The first-order valence-corrected chi connectivity index (χ1v) is 8.50. The quantitative estimate of drug-likeness (QED) is 0.766. The molecule has 5 heteroatoms. The second-order valence-corrected chi connectivity index (χ2v) is 6.56. The van der Waals surface area contributed by atoms with Crippen molar-refractivity contribution < 1.29 is 14.3 Å². The number of piperazine rings is 1. The summed E-state index contributed by atoms with van der Waals surface area (Å²) in [5.41, 5.74) is 0. The number of carbonyl (C=O) groups is 1. The van der Waals surface area contributed by atoms with Crippen molar-refractivity contribution in [3.63, 3.8) is 0 Å². The van der Waals surface area contributed by atoms with Crippen molar-refractivity contribution in [3.8, 4) is 0 Å². The Bertz CT molecular complexity index is 345. The van der Waals surface area contributed by atoms with Gasteiger partial charge in [-0.3, -0.25) is 9.69 Å². The van der Waals surface area contributed by atoms with Gasteiger partial charge < -0.3 is 14.4 Å². The van der Waals surface area contributed by atoms with Crippen LogP contribution in [0.4, 0.5) is 0 Å². The highest BCUT2D eigenvalue weighted by Crippen LogP contribution is 2.27. The fourth-order valence-corrected chi connectivity index (χ4v) is 3.27. The van der Waals surface area contributed by atoms with Crippen LogP contribution in [0.1, 0.15) is 39.0 Å². The zero-order valence-electron chi connectivity index (χ0n) is 13.1. The molecule has 21 heavy (non-hydrogen) atoms. The maximum absolute atomic E-state index is 12.4. The Morgan fingerprint density at radius 2 is 1.95 bits per heavy atom. The Kier molecular flexibility index (Phi) is 5.14. The van der Waals surface area contributed by atoms with E-state index in [0.717, 1.165) is 51.7 Å². The van der Waals surface area contributed by atoms with E-state index in [1.54, 1.807) is 0 Å². The number of hydrogen-bond donors (Lipinski definition) is 0. The third-order valence-electron chi connectivity index (χ3n) is 4.84. The molecule has 120 valence electrons. The lowest BCUT2D eigenvalue weighted by Crippen LogP contribution is -2.52. The average molecular weight is 296 g/mol. The van der Waals surface area contributed by atoms with Crippen LogP contribution in [0.25, 0.3) is 0 Å². The van der Waals surface area contributed by atoms with Crippen LogP contribution in [0, 0.1) is 0 Å². The Morgan fingerprint density at radius 3 is 2.57 bits per heavy atom. The molecule has 0 unspecified atom stereocenters. The summed E-state index contributed by atoms with van der Waals surface area (Å²) in [5.74, 6) is 0.140. The zero-order valence-corrected chi connectivity index (χ0v) is 13.1. The van der Waals surface area contributed by atoms with E-state index in [9.17, 15) is 4.79 Å². The Hall–Kier alpha value is -0.650. The van der Waals surface area contributed by atoms with E-state index < -0.39 is 0 Å². The fourth-order valence-electron chi connectivity index (χ4n) is 3.27. The molecule has 0 spiro atoms. The van der Waals surface area contributed by atoms with Crippen molar-refractivity contribution in [2.45, 2.75) is 57.3 Å². The van der Waals surface area contributed by atoms with Crippen molar-refractivity contribution in [3.05, 3.63) is 0 Å². The van der Waals surface area contributed by atoms with Gasteiger partial charge in [0.1, 0.15) is 6.10 Å². The highest BCUT2D eigenvalue weighted by Gasteiger charge is 2.33. The zero-order chi connectivity index (χ0) is 14.7. The highest BCUT2D eigenvalue weighted by atomic mass is 16.5. The summed E-state index contributed by atoms with van der Waals surface area (Å²) >= 11 is 0. The maximum Gasteiger partial charge on any atom is 0.251 e. The van der Waals surface area contributed by atoms with Gasteiger partial charge in [-0.1, -0.05) is 0 Å². The third kappa shape index (κ3) is 4.18. The summed E-state index contributed by atoms with van der Waals surface area (Å²) in [7, 11) is 0. The van der Waals surface area contributed by atoms with Gasteiger partial charge in [0.2, 0.25) is 0 Å². The largest absolute Gasteiger partial charge is 0.376 e. The van der Waals surface area contributed by atoms with Crippen LogP contribution < -0.4 is 0 Å². The summed E-state index contributed by atoms with van der Waals surface area (Å²) in [4.78, 5) is 16.9. The number of hydrogen-bond acceptors (Lipinski definition) is 4. The molecule has 2 aliphatic heterocycles. The minimum atomic E-state index is -0.344. The minimum Gasteiger partial charge on any atom is -0.376 e. The van der Waals surface area contributed by atoms with Crippen molar-refractivity contribution in [2.24, 2.45) is 0 Å². The van der Waals surface area contributed by atoms with E-state index in [1.165, 1.54) is 19.3 Å². The first kappa shape index (κ1) is 15.3. The van der Waals surface area contributed by atoms with Gasteiger partial charge in [0.05, 0.1) is 12.7 Å². The summed E-state index contributed by atoms with van der Waals surface area (Å²) in [6, 6.07) is 0.805. The molecule has 3 fully saturated rings. The molecule has 1 saturated carbocycles. The highest BCUT2D eigenvalue weighted by molar-refractivity contribution is 5.80. The molecular formula is C16H28N2O3. The van der Waals surface area contributed by atoms with Gasteiger partial charge in [-0.15, -0.1) is 0 Å². The summed E-state index contributed by atoms with van der Waals surface area (Å²) < 4.78 is 11.4. The molecule has 3 aliphatic rings. The van der Waals surface area contributed by atoms with E-state index in [1.807, 2.05) is 11.8 Å². The second-order valence-electron chi connectivity index (χ2n) is 6.56. The summed E-state index contributed by atoms with van der Waals surface area (Å²) in [6.07, 6.45) is 5.93. The van der Waals surface area contributed by atoms with Crippen LogP contribution in [0.3, 0.4) is 0 Å². The number of rotatable bonds is 5. The van der Waals surface area contributed by atoms with Gasteiger partial charge in [0, 0.05) is 38.8 Å². The minimum absolute atomic E-state index is 0.140. The second kappa shape index (κ2) is 7.07. The molecule has 0 aromatic rings. The molecule has 1 aliphatic carbocycles. The summed E-state index contributed by atoms with van der Waals surface area (Å²) in [5, 5.41) is 0. The predicted octanol–water partition coefficient (Wildman–Crippen LogP) is 1.27. The lowest BCUT2D eigenvalue weighted by atomic mass is 10.1. The van der Waals surface area contributed by atoms with E-state index in [0.29, 0.717) is 6.61 Å². The van der Waals surface area contributed by atoms with Gasteiger partial charge >= 0.3 is 0 Å². The van der Waals surface area contributed by atoms with E-state index >= 15 is 0 Å². The molecule has 0 aromatic carbocycles. The van der Waals surface area contributed by atoms with Crippen molar-refractivity contribution in [1.29, 1.82) is 0 Å². The number of ether oxygens (including phenoxy) is 2. The van der Waals surface area contributed by atoms with Crippen LogP contribution in [0.5, 0.6) is 0 Å². The van der Waals surface area contributed by atoms with Crippen LogP contribution in [0.15, 0.2) is 0 Å². The van der Waals surface area contributed by atoms with Gasteiger partial charge in [0.25, 0.3) is 5.91 Å². The topological polar surface area (TPSA) is 42.0 Å². The standard InChI is InChI=1S/C16H28N2O3/c1-13(21-12-15-4-2-3-11-20-15)16(19)18-9-7-17(8-10-18)14-5-6-14/h13-15H,2-12H2,1H3/t13-,15+/m0/s1. The molecule has 2 saturated heterocycles. The van der Waals surface area contributed by atoms with E-state index in [4.69, 9.17) is 9.47 Å². The molecule has 0 bridgehead atoms. The molecule has 2 heterocycles. The Balaban J connectivity index is 1.37. The van der Waals surface area contributed by atoms with Crippen molar-refractivity contribution >= 4 is 5.91 Å². The molecule has 3 rings (SSSR count). The molecule has 5 nitrogen and oxygen atoms in total. The lowest BCUT2D eigenvalue weighted by Gasteiger charge is -2.36. The number of carbonyl (C=O) groups excluding carboxylic acids is 1. The van der Waals surface area contributed by atoms with Crippen molar-refractivity contribution in [2.75, 3.05) is 39.4 Å². The molecule has 1 amide bonds. The van der Waals surface area contributed by atoms with Crippen LogP contribution in [-0.4, -0.2) is 73.3 Å². The van der Waals surface area contributed by atoms with Crippen LogP contribution >= 0.6 is 0 Å². The first-order valence-electron chi connectivity index (χ1n) is 8.50.